The van der Waals surface area contributed by atoms with Gasteiger partial charge in [-0.05, 0) is 68.6 Å². The molecule has 0 unspecified atom stereocenters. The molecule has 0 saturated heterocycles. The van der Waals surface area contributed by atoms with Gasteiger partial charge in [0.1, 0.15) is 11.6 Å². The van der Waals surface area contributed by atoms with Crippen molar-refractivity contribution in [3.8, 4) is 0 Å². The third-order valence-electron chi connectivity index (χ3n) is 2.16. The maximum Gasteiger partial charge on any atom is 0.144 e. The number of nitrogens with one attached hydrogen (secondary N) is 1. The van der Waals surface area contributed by atoms with Crippen molar-refractivity contribution in [2.45, 2.75) is 6.92 Å². The van der Waals surface area contributed by atoms with Crippen molar-refractivity contribution in [2.75, 3.05) is 5.32 Å². The zero-order chi connectivity index (χ0) is 12.4. The lowest BCUT2D eigenvalue weighted by Gasteiger charge is -2.09. The molecule has 0 fully saturated rings. The molecule has 5 heteroatoms. The second-order valence-electron chi connectivity index (χ2n) is 3.59. The molecule has 1 heterocycles. The highest BCUT2D eigenvalue weighted by atomic mass is 79.9. The third-order valence-corrected chi connectivity index (χ3v) is 3.42. The maximum absolute atomic E-state index is 12.9. The highest BCUT2D eigenvalue weighted by molar-refractivity contribution is 9.11. The molecule has 0 spiro atoms. The standard InChI is InChI=1S/C12H9Br2FN2/c1-7-4-10(14)12(16-6-7)17-11-3-2-8(15)5-9(11)13/h2-6H,1H3,(H,16,17). The van der Waals surface area contributed by atoms with Crippen LogP contribution in [0.5, 0.6) is 0 Å². The Balaban J connectivity index is 2.31. The second-order valence-corrected chi connectivity index (χ2v) is 5.30. The minimum Gasteiger partial charge on any atom is -0.338 e. The molecule has 0 aliphatic heterocycles. The van der Waals surface area contributed by atoms with Gasteiger partial charge in [0.2, 0.25) is 0 Å². The number of aromatic nitrogens is 1. The summed E-state index contributed by atoms with van der Waals surface area (Å²) in [6.07, 6.45) is 1.77. The Kier molecular flexibility index (Phi) is 3.79. The van der Waals surface area contributed by atoms with Gasteiger partial charge in [-0.15, -0.1) is 0 Å². The van der Waals surface area contributed by atoms with Gasteiger partial charge in [0, 0.05) is 10.7 Å². The number of hydrogen-bond donors (Lipinski definition) is 1. The first-order valence-corrected chi connectivity index (χ1v) is 6.49. The van der Waals surface area contributed by atoms with Gasteiger partial charge in [0.15, 0.2) is 0 Å². The Morgan fingerprint density at radius 1 is 1.18 bits per heavy atom. The number of pyridine rings is 1. The fourth-order valence-corrected chi connectivity index (χ4v) is 2.36. The molecule has 0 saturated carbocycles. The van der Waals surface area contributed by atoms with E-state index in [2.05, 4.69) is 42.2 Å². The van der Waals surface area contributed by atoms with Gasteiger partial charge < -0.3 is 5.32 Å². The van der Waals surface area contributed by atoms with Gasteiger partial charge in [-0.1, -0.05) is 0 Å². The van der Waals surface area contributed by atoms with Crippen LogP contribution in [-0.2, 0) is 0 Å². The van der Waals surface area contributed by atoms with Crippen molar-refractivity contribution in [1.82, 2.24) is 4.98 Å². The van der Waals surface area contributed by atoms with Crippen molar-refractivity contribution in [1.29, 1.82) is 0 Å². The lowest BCUT2D eigenvalue weighted by atomic mass is 10.3. The van der Waals surface area contributed by atoms with Crippen molar-refractivity contribution >= 4 is 43.4 Å². The van der Waals surface area contributed by atoms with Crippen LogP contribution in [0.25, 0.3) is 0 Å². The molecule has 2 rings (SSSR count). The molecule has 0 amide bonds. The van der Waals surface area contributed by atoms with E-state index in [4.69, 9.17) is 0 Å². The quantitative estimate of drug-likeness (QED) is 0.833. The molecular formula is C12H9Br2FN2. The number of anilines is 2. The number of benzene rings is 1. The first kappa shape index (κ1) is 12.5. The molecular weight excluding hydrogens is 351 g/mol. The van der Waals surface area contributed by atoms with Crippen LogP contribution in [0.2, 0.25) is 0 Å². The summed E-state index contributed by atoms with van der Waals surface area (Å²) in [5.74, 6) is 0.418. The smallest absolute Gasteiger partial charge is 0.144 e. The van der Waals surface area contributed by atoms with Gasteiger partial charge in [-0.25, -0.2) is 9.37 Å². The Morgan fingerprint density at radius 3 is 2.59 bits per heavy atom. The van der Waals surface area contributed by atoms with Crippen molar-refractivity contribution in [3.63, 3.8) is 0 Å². The van der Waals surface area contributed by atoms with Crippen LogP contribution < -0.4 is 5.32 Å². The van der Waals surface area contributed by atoms with Crippen LogP contribution >= 0.6 is 31.9 Å². The molecule has 2 nitrogen and oxygen atoms in total. The summed E-state index contributed by atoms with van der Waals surface area (Å²) in [5, 5.41) is 3.12. The van der Waals surface area contributed by atoms with E-state index in [1.165, 1.54) is 12.1 Å². The minimum atomic E-state index is -0.279. The van der Waals surface area contributed by atoms with E-state index in [0.717, 1.165) is 15.7 Å². The molecule has 0 aliphatic carbocycles. The third kappa shape index (κ3) is 3.04. The zero-order valence-corrected chi connectivity index (χ0v) is 12.1. The average molecular weight is 360 g/mol. The first-order valence-electron chi connectivity index (χ1n) is 4.90. The Bertz CT molecular complexity index is 509. The van der Waals surface area contributed by atoms with E-state index >= 15 is 0 Å². The number of rotatable bonds is 2. The summed E-state index contributed by atoms with van der Waals surface area (Å²) in [6, 6.07) is 6.43. The molecule has 0 bridgehead atoms. The van der Waals surface area contributed by atoms with Crippen LogP contribution in [-0.4, -0.2) is 4.98 Å². The Morgan fingerprint density at radius 2 is 1.94 bits per heavy atom. The van der Waals surface area contributed by atoms with E-state index < -0.39 is 0 Å². The second kappa shape index (κ2) is 5.14. The van der Waals surface area contributed by atoms with Crippen LogP contribution in [0.15, 0.2) is 39.4 Å². The number of halogens is 3. The van der Waals surface area contributed by atoms with Crippen LogP contribution in [0.1, 0.15) is 5.56 Å². The summed E-state index contributed by atoms with van der Waals surface area (Å²) in [6.45, 7) is 1.97. The highest BCUT2D eigenvalue weighted by Crippen LogP contribution is 2.29. The normalized spacial score (nSPS) is 10.4. The lowest BCUT2D eigenvalue weighted by molar-refractivity contribution is 0.627. The largest absolute Gasteiger partial charge is 0.338 e. The maximum atomic E-state index is 12.9. The molecule has 1 N–H and O–H groups in total. The van der Waals surface area contributed by atoms with Gasteiger partial charge in [-0.3, -0.25) is 0 Å². The summed E-state index contributed by atoms with van der Waals surface area (Å²) < 4.78 is 14.5. The number of hydrogen-bond acceptors (Lipinski definition) is 2. The molecule has 0 atom stereocenters. The minimum absolute atomic E-state index is 0.279. The molecule has 17 heavy (non-hydrogen) atoms. The Hall–Kier alpha value is -0.940. The van der Waals surface area contributed by atoms with E-state index in [0.29, 0.717) is 10.3 Å². The van der Waals surface area contributed by atoms with Gasteiger partial charge in [-0.2, -0.15) is 0 Å². The van der Waals surface area contributed by atoms with Crippen LogP contribution in [0, 0.1) is 12.7 Å². The predicted octanol–water partition coefficient (Wildman–Crippen LogP) is 4.80. The van der Waals surface area contributed by atoms with Crippen molar-refractivity contribution in [3.05, 3.63) is 50.8 Å². The summed E-state index contributed by atoms with van der Waals surface area (Å²) in [4.78, 5) is 4.26. The fraction of sp³-hybridized carbons (Fsp3) is 0.0833. The summed E-state index contributed by atoms with van der Waals surface area (Å²) in [5.41, 5.74) is 1.84. The van der Waals surface area contributed by atoms with E-state index in [1.807, 2.05) is 13.0 Å². The van der Waals surface area contributed by atoms with Gasteiger partial charge in [0.05, 0.1) is 10.2 Å². The molecule has 1 aromatic carbocycles. The highest BCUT2D eigenvalue weighted by Gasteiger charge is 2.05. The molecule has 1 aromatic heterocycles. The number of nitrogens with zero attached hydrogens (tertiary/aromatic N) is 1. The van der Waals surface area contributed by atoms with Crippen molar-refractivity contribution in [2.24, 2.45) is 0 Å². The first-order chi connectivity index (χ1) is 8.06. The summed E-state index contributed by atoms with van der Waals surface area (Å²) >= 11 is 6.73. The predicted molar refractivity (Wildman–Crippen MR) is 74.1 cm³/mol. The number of aryl methyl sites for hydroxylation is 1. The lowest BCUT2D eigenvalue weighted by Crippen LogP contribution is -1.96. The van der Waals surface area contributed by atoms with Gasteiger partial charge in [0.25, 0.3) is 0 Å². The monoisotopic (exact) mass is 358 g/mol. The average Bonchev–Trinajstić information content (AvgIpc) is 2.25. The molecule has 0 radical (unpaired) electrons. The molecule has 2 aromatic rings. The van der Waals surface area contributed by atoms with E-state index in [9.17, 15) is 4.39 Å². The van der Waals surface area contributed by atoms with Crippen LogP contribution in [0.4, 0.5) is 15.9 Å². The zero-order valence-electron chi connectivity index (χ0n) is 8.97. The summed E-state index contributed by atoms with van der Waals surface area (Å²) in [7, 11) is 0. The van der Waals surface area contributed by atoms with Crippen molar-refractivity contribution < 1.29 is 4.39 Å². The molecule has 0 aliphatic rings. The fourth-order valence-electron chi connectivity index (χ4n) is 1.34. The SMILES string of the molecule is Cc1cnc(Nc2ccc(F)cc2Br)c(Br)c1. The van der Waals surface area contributed by atoms with E-state index in [1.54, 1.807) is 12.3 Å². The van der Waals surface area contributed by atoms with Gasteiger partial charge >= 0.3 is 0 Å². The van der Waals surface area contributed by atoms with E-state index in [-0.39, 0.29) is 5.82 Å². The molecule has 88 valence electrons. The Labute approximate surface area is 116 Å². The van der Waals surface area contributed by atoms with Crippen LogP contribution in [0.3, 0.4) is 0 Å². The topological polar surface area (TPSA) is 24.9 Å².